The molecule has 3 rings (SSSR count). The Morgan fingerprint density at radius 2 is 1.83 bits per heavy atom. The second kappa shape index (κ2) is 3.99. The SMILES string of the molecule is O=S(=O)(c1ccc(F)cc1)N1CC2CC1CC2F. The Hall–Kier alpha value is -1.01. The molecule has 0 N–H and O–H groups in total. The maximum Gasteiger partial charge on any atom is 0.243 e. The molecular weight excluding hydrogens is 260 g/mol. The number of hydrogen-bond donors (Lipinski definition) is 0. The molecule has 1 aliphatic carbocycles. The fraction of sp³-hybridized carbons (Fsp3) is 0.500. The molecule has 1 saturated carbocycles. The van der Waals surface area contributed by atoms with E-state index in [1.54, 1.807) is 0 Å². The zero-order chi connectivity index (χ0) is 12.9. The van der Waals surface area contributed by atoms with Crippen molar-refractivity contribution in [2.24, 2.45) is 5.92 Å². The topological polar surface area (TPSA) is 37.4 Å². The van der Waals surface area contributed by atoms with Gasteiger partial charge in [0.2, 0.25) is 10.0 Å². The van der Waals surface area contributed by atoms with Crippen molar-refractivity contribution in [2.75, 3.05) is 6.54 Å². The van der Waals surface area contributed by atoms with Crippen LogP contribution in [0.3, 0.4) is 0 Å². The van der Waals surface area contributed by atoms with Gasteiger partial charge < -0.3 is 0 Å². The summed E-state index contributed by atoms with van der Waals surface area (Å²) in [5.41, 5.74) is 0. The maximum absolute atomic E-state index is 13.4. The molecule has 3 nitrogen and oxygen atoms in total. The molecule has 1 aliphatic heterocycles. The summed E-state index contributed by atoms with van der Waals surface area (Å²) < 4.78 is 52.2. The summed E-state index contributed by atoms with van der Waals surface area (Å²) in [5.74, 6) is -0.647. The van der Waals surface area contributed by atoms with Gasteiger partial charge in [-0.15, -0.1) is 0 Å². The second-order valence-corrected chi connectivity index (χ2v) is 6.82. The van der Waals surface area contributed by atoms with Gasteiger partial charge in [-0.05, 0) is 37.1 Å². The summed E-state index contributed by atoms with van der Waals surface area (Å²) in [4.78, 5) is 0.0758. The Morgan fingerprint density at radius 3 is 2.33 bits per heavy atom. The number of fused-ring (bicyclic) bond motifs is 2. The van der Waals surface area contributed by atoms with Crippen molar-refractivity contribution in [3.05, 3.63) is 30.1 Å². The lowest BCUT2D eigenvalue weighted by atomic mass is 10.1. The summed E-state index contributed by atoms with van der Waals surface area (Å²) in [5, 5.41) is 0. The van der Waals surface area contributed by atoms with Crippen LogP contribution in [0, 0.1) is 11.7 Å². The van der Waals surface area contributed by atoms with E-state index in [0.717, 1.165) is 12.1 Å². The van der Waals surface area contributed by atoms with Gasteiger partial charge in [0.05, 0.1) is 4.90 Å². The minimum absolute atomic E-state index is 0.0758. The molecule has 18 heavy (non-hydrogen) atoms. The highest BCUT2D eigenvalue weighted by Crippen LogP contribution is 2.42. The quantitative estimate of drug-likeness (QED) is 0.826. The summed E-state index contributed by atoms with van der Waals surface area (Å²) in [7, 11) is -3.61. The summed E-state index contributed by atoms with van der Waals surface area (Å²) in [6.45, 7) is 0.242. The maximum atomic E-state index is 13.4. The first-order valence-electron chi connectivity index (χ1n) is 5.90. The predicted molar refractivity (Wildman–Crippen MR) is 61.7 cm³/mol. The number of piperidine rings is 1. The van der Waals surface area contributed by atoms with Crippen LogP contribution in [0.4, 0.5) is 8.78 Å². The highest BCUT2D eigenvalue weighted by atomic mass is 32.2. The van der Waals surface area contributed by atoms with Gasteiger partial charge in [0.1, 0.15) is 12.0 Å². The van der Waals surface area contributed by atoms with Crippen LogP contribution in [-0.4, -0.2) is 31.5 Å². The van der Waals surface area contributed by atoms with Gasteiger partial charge in [-0.3, -0.25) is 0 Å². The first-order chi connectivity index (χ1) is 8.48. The first-order valence-corrected chi connectivity index (χ1v) is 7.34. The van der Waals surface area contributed by atoms with E-state index >= 15 is 0 Å². The van der Waals surface area contributed by atoms with Crippen molar-refractivity contribution >= 4 is 10.0 Å². The zero-order valence-electron chi connectivity index (χ0n) is 9.59. The molecular formula is C12H13F2NO2S. The number of nitrogens with zero attached hydrogens (tertiary/aromatic N) is 1. The molecule has 0 amide bonds. The molecule has 0 spiro atoms. The highest BCUT2D eigenvalue weighted by Gasteiger charge is 2.49. The van der Waals surface area contributed by atoms with E-state index < -0.39 is 22.0 Å². The third-order valence-electron chi connectivity index (χ3n) is 3.83. The first kappa shape index (κ1) is 12.0. The Morgan fingerprint density at radius 1 is 1.17 bits per heavy atom. The molecule has 2 bridgehead atoms. The van der Waals surface area contributed by atoms with E-state index in [9.17, 15) is 17.2 Å². The number of benzene rings is 1. The van der Waals surface area contributed by atoms with Gasteiger partial charge >= 0.3 is 0 Å². The molecule has 1 aromatic rings. The molecule has 0 aromatic heterocycles. The lowest BCUT2D eigenvalue weighted by Gasteiger charge is -2.27. The molecule has 98 valence electrons. The van der Waals surface area contributed by atoms with Gasteiger partial charge in [-0.1, -0.05) is 0 Å². The van der Waals surface area contributed by atoms with Crippen molar-refractivity contribution in [3.8, 4) is 0 Å². The molecule has 3 atom stereocenters. The predicted octanol–water partition coefficient (Wildman–Crippen LogP) is 1.95. The van der Waals surface area contributed by atoms with Crippen molar-refractivity contribution < 1.29 is 17.2 Å². The molecule has 1 heterocycles. The van der Waals surface area contributed by atoms with Crippen molar-refractivity contribution in [2.45, 2.75) is 30.0 Å². The molecule has 3 unspecified atom stereocenters. The van der Waals surface area contributed by atoms with Crippen LogP contribution in [0.1, 0.15) is 12.8 Å². The Kier molecular flexibility index (Phi) is 2.67. The fourth-order valence-corrected chi connectivity index (χ4v) is 4.59. The third-order valence-corrected chi connectivity index (χ3v) is 5.76. The number of sulfonamides is 1. The monoisotopic (exact) mass is 273 g/mol. The van der Waals surface area contributed by atoms with Crippen LogP contribution < -0.4 is 0 Å². The second-order valence-electron chi connectivity index (χ2n) is 4.93. The molecule has 1 saturated heterocycles. The number of rotatable bonds is 2. The van der Waals surface area contributed by atoms with Crippen molar-refractivity contribution in [1.29, 1.82) is 0 Å². The van der Waals surface area contributed by atoms with Crippen LogP contribution in [0.2, 0.25) is 0 Å². The third kappa shape index (κ3) is 1.75. The minimum atomic E-state index is -3.61. The van der Waals surface area contributed by atoms with Gasteiger partial charge in [-0.2, -0.15) is 4.31 Å². The Labute approximate surface area is 104 Å². The summed E-state index contributed by atoms with van der Waals surface area (Å²) >= 11 is 0. The van der Waals surface area contributed by atoms with Gasteiger partial charge in [0.25, 0.3) is 0 Å². The summed E-state index contributed by atoms with van der Waals surface area (Å²) in [6.07, 6.45) is 0.00169. The molecule has 1 aromatic carbocycles. The molecule has 2 fully saturated rings. The fourth-order valence-electron chi connectivity index (χ4n) is 2.89. The minimum Gasteiger partial charge on any atom is -0.247 e. The summed E-state index contributed by atoms with van der Waals surface area (Å²) in [6, 6.07) is 4.52. The number of hydrogen-bond acceptors (Lipinski definition) is 2. The Bertz CT molecular complexity index is 556. The van der Waals surface area contributed by atoms with Crippen molar-refractivity contribution in [1.82, 2.24) is 4.31 Å². The van der Waals surface area contributed by atoms with Gasteiger partial charge in [-0.25, -0.2) is 17.2 Å². The number of halogens is 2. The van der Waals surface area contributed by atoms with Crippen molar-refractivity contribution in [3.63, 3.8) is 0 Å². The van der Waals surface area contributed by atoms with Gasteiger partial charge in [0.15, 0.2) is 0 Å². The Balaban J connectivity index is 1.90. The van der Waals surface area contributed by atoms with E-state index in [1.807, 2.05) is 0 Å². The smallest absolute Gasteiger partial charge is 0.243 e. The van der Waals surface area contributed by atoms with E-state index in [4.69, 9.17) is 0 Å². The lowest BCUT2D eigenvalue weighted by molar-refractivity contribution is 0.199. The lowest BCUT2D eigenvalue weighted by Crippen LogP contribution is -2.40. The largest absolute Gasteiger partial charge is 0.247 e. The van der Waals surface area contributed by atoms with Crippen LogP contribution in [0.25, 0.3) is 0 Å². The van der Waals surface area contributed by atoms with E-state index in [1.165, 1.54) is 16.4 Å². The highest BCUT2D eigenvalue weighted by molar-refractivity contribution is 7.89. The average molecular weight is 273 g/mol. The van der Waals surface area contributed by atoms with Crippen LogP contribution >= 0.6 is 0 Å². The molecule has 2 aliphatic rings. The van der Waals surface area contributed by atoms with E-state index in [0.29, 0.717) is 6.42 Å². The van der Waals surface area contributed by atoms with Crippen LogP contribution in [-0.2, 0) is 10.0 Å². The van der Waals surface area contributed by atoms with Gasteiger partial charge in [0, 0.05) is 18.5 Å². The standard InChI is InChI=1S/C12H13F2NO2S/c13-9-1-3-11(4-2-9)18(16,17)15-7-8-5-10(15)6-12(8)14/h1-4,8,10,12H,5-7H2. The van der Waals surface area contributed by atoms with Crippen LogP contribution in [0.5, 0.6) is 0 Å². The number of alkyl halides is 1. The van der Waals surface area contributed by atoms with E-state index in [2.05, 4.69) is 0 Å². The van der Waals surface area contributed by atoms with Crippen LogP contribution in [0.15, 0.2) is 29.2 Å². The normalized spacial score (nSPS) is 32.0. The van der Waals surface area contributed by atoms with E-state index in [-0.39, 0.29) is 29.8 Å². The molecule has 0 radical (unpaired) electrons. The molecule has 6 heteroatoms. The average Bonchev–Trinajstić information content (AvgIpc) is 2.88. The zero-order valence-corrected chi connectivity index (χ0v) is 10.4.